The van der Waals surface area contributed by atoms with Crippen molar-refractivity contribution in [1.82, 2.24) is 4.90 Å². The fraction of sp³-hybridized carbons (Fsp3) is 0.240. The minimum atomic E-state index is -4.55. The first-order chi connectivity index (χ1) is 17.4. The zero-order valence-corrected chi connectivity index (χ0v) is 21.1. The van der Waals surface area contributed by atoms with Crippen LogP contribution in [0.3, 0.4) is 0 Å². The number of rotatable bonds is 8. The van der Waals surface area contributed by atoms with E-state index >= 15 is 0 Å². The molecule has 1 atom stereocenters. The molecule has 0 aromatic heterocycles. The van der Waals surface area contributed by atoms with Crippen molar-refractivity contribution in [1.29, 1.82) is 0 Å². The monoisotopic (exact) mass is 554 g/mol. The molecule has 2 amide bonds. The van der Waals surface area contributed by atoms with E-state index in [-0.39, 0.29) is 25.3 Å². The maximum atomic E-state index is 13.4. The van der Waals surface area contributed by atoms with Gasteiger partial charge >= 0.3 is 12.2 Å². The Kier molecular flexibility index (Phi) is 7.67. The topological polar surface area (TPSA) is 76.2 Å². The molecule has 1 heterocycles. The predicted octanol–water partition coefficient (Wildman–Crippen LogP) is 6.11. The Morgan fingerprint density at radius 2 is 1.62 bits per heavy atom. The summed E-state index contributed by atoms with van der Waals surface area (Å²) in [6.45, 7) is -0.298. The highest BCUT2D eigenvalue weighted by Gasteiger charge is 2.40. The molecule has 1 fully saturated rings. The minimum absolute atomic E-state index is 0.0380. The second kappa shape index (κ2) is 10.6. The standard InChI is InChI=1S/C25H22ClF3N2O5S/c1-37(33,34)35-14-13-30-16-23(17-3-2-4-18(15-17)25(27,28)29)31(24(30)32)20-7-11-22(12-8-20)36-21-9-5-19(26)6-10-21/h2-12,15,23H,13-14,16H2,1H3. The second-order valence-electron chi connectivity index (χ2n) is 8.31. The van der Waals surface area contributed by atoms with Crippen molar-refractivity contribution in [3.05, 3.63) is 88.9 Å². The molecule has 7 nitrogen and oxygen atoms in total. The van der Waals surface area contributed by atoms with Crippen LogP contribution >= 0.6 is 11.6 Å². The van der Waals surface area contributed by atoms with Gasteiger partial charge in [0.25, 0.3) is 10.1 Å². The number of carbonyl (C=O) groups is 1. The van der Waals surface area contributed by atoms with Gasteiger partial charge < -0.3 is 9.64 Å². The Morgan fingerprint density at radius 3 is 2.22 bits per heavy atom. The summed E-state index contributed by atoms with van der Waals surface area (Å²) >= 11 is 5.89. The fourth-order valence-electron chi connectivity index (χ4n) is 3.92. The maximum absolute atomic E-state index is 13.4. The van der Waals surface area contributed by atoms with E-state index in [4.69, 9.17) is 20.5 Å². The summed E-state index contributed by atoms with van der Waals surface area (Å²) < 4.78 is 73.2. The molecule has 0 N–H and O–H groups in total. The molecule has 37 heavy (non-hydrogen) atoms. The molecule has 0 aliphatic carbocycles. The second-order valence-corrected chi connectivity index (χ2v) is 10.4. The van der Waals surface area contributed by atoms with Gasteiger partial charge in [-0.15, -0.1) is 0 Å². The van der Waals surface area contributed by atoms with Gasteiger partial charge in [-0.3, -0.25) is 9.08 Å². The number of nitrogens with zero attached hydrogens (tertiary/aromatic N) is 2. The van der Waals surface area contributed by atoms with Crippen LogP contribution in [-0.2, 0) is 20.5 Å². The highest BCUT2D eigenvalue weighted by molar-refractivity contribution is 7.85. The van der Waals surface area contributed by atoms with Gasteiger partial charge in [-0.25, -0.2) is 4.79 Å². The predicted molar refractivity (Wildman–Crippen MR) is 132 cm³/mol. The number of alkyl halides is 3. The van der Waals surface area contributed by atoms with Crippen LogP contribution in [-0.4, -0.2) is 45.3 Å². The van der Waals surface area contributed by atoms with Crippen LogP contribution in [0.2, 0.25) is 5.02 Å². The average Bonchev–Trinajstić information content (AvgIpc) is 3.16. The van der Waals surface area contributed by atoms with E-state index in [0.717, 1.165) is 18.4 Å². The fourth-order valence-corrected chi connectivity index (χ4v) is 4.42. The van der Waals surface area contributed by atoms with E-state index < -0.39 is 33.9 Å². The van der Waals surface area contributed by atoms with Gasteiger partial charge in [-0.1, -0.05) is 23.7 Å². The van der Waals surface area contributed by atoms with Crippen LogP contribution in [0.5, 0.6) is 11.5 Å². The molecule has 1 unspecified atom stereocenters. The lowest BCUT2D eigenvalue weighted by atomic mass is 10.0. The van der Waals surface area contributed by atoms with Crippen molar-refractivity contribution in [3.63, 3.8) is 0 Å². The van der Waals surface area contributed by atoms with Crippen LogP contribution in [0.15, 0.2) is 72.8 Å². The number of urea groups is 1. The first-order valence-corrected chi connectivity index (χ1v) is 13.2. The van der Waals surface area contributed by atoms with Gasteiger partial charge in [0, 0.05) is 23.8 Å². The molecule has 1 saturated heterocycles. The Hall–Kier alpha value is -3.28. The van der Waals surface area contributed by atoms with E-state index in [2.05, 4.69) is 0 Å². The van der Waals surface area contributed by atoms with Crippen LogP contribution in [0, 0.1) is 0 Å². The zero-order valence-electron chi connectivity index (χ0n) is 19.5. The molecule has 196 valence electrons. The summed E-state index contributed by atoms with van der Waals surface area (Å²) in [7, 11) is -3.72. The van der Waals surface area contributed by atoms with Crippen molar-refractivity contribution >= 4 is 33.4 Å². The van der Waals surface area contributed by atoms with E-state index in [1.807, 2.05) is 0 Å². The van der Waals surface area contributed by atoms with Gasteiger partial charge in [0.15, 0.2) is 0 Å². The first-order valence-electron chi connectivity index (χ1n) is 11.0. The van der Waals surface area contributed by atoms with Crippen molar-refractivity contribution in [2.24, 2.45) is 0 Å². The summed E-state index contributed by atoms with van der Waals surface area (Å²) in [6.07, 6.45) is -3.66. The van der Waals surface area contributed by atoms with E-state index in [1.165, 1.54) is 21.9 Å². The average molecular weight is 555 g/mol. The molecule has 1 aliphatic heterocycles. The lowest BCUT2D eigenvalue weighted by Gasteiger charge is -2.24. The van der Waals surface area contributed by atoms with Crippen LogP contribution in [0.25, 0.3) is 0 Å². The van der Waals surface area contributed by atoms with Crippen LogP contribution in [0.4, 0.5) is 23.7 Å². The van der Waals surface area contributed by atoms with Gasteiger partial charge in [0.05, 0.1) is 24.5 Å². The van der Waals surface area contributed by atoms with Gasteiger partial charge in [-0.2, -0.15) is 21.6 Å². The molecule has 12 heteroatoms. The van der Waals surface area contributed by atoms with E-state index in [1.54, 1.807) is 48.5 Å². The molecule has 0 bridgehead atoms. The lowest BCUT2D eigenvalue weighted by molar-refractivity contribution is -0.137. The number of amides is 2. The third-order valence-electron chi connectivity index (χ3n) is 5.60. The number of benzene rings is 3. The quantitative estimate of drug-likeness (QED) is 0.314. The van der Waals surface area contributed by atoms with E-state index in [9.17, 15) is 26.4 Å². The Balaban J connectivity index is 1.61. The van der Waals surface area contributed by atoms with Crippen molar-refractivity contribution < 1.29 is 35.3 Å². The molecule has 4 rings (SSSR count). The number of hydrogen-bond donors (Lipinski definition) is 0. The Bertz CT molecular complexity index is 1370. The maximum Gasteiger partial charge on any atom is 0.416 e. The highest BCUT2D eigenvalue weighted by Crippen LogP contribution is 2.38. The number of carbonyl (C=O) groups excluding carboxylic acids is 1. The third-order valence-corrected chi connectivity index (χ3v) is 6.45. The largest absolute Gasteiger partial charge is 0.457 e. The van der Waals surface area contributed by atoms with Crippen LogP contribution < -0.4 is 9.64 Å². The third kappa shape index (κ3) is 6.73. The normalized spacial score (nSPS) is 16.4. The summed E-state index contributed by atoms with van der Waals surface area (Å²) in [5.41, 5.74) is -0.110. The van der Waals surface area contributed by atoms with Gasteiger partial charge in [0.1, 0.15) is 11.5 Å². The number of anilines is 1. The summed E-state index contributed by atoms with van der Waals surface area (Å²) in [6, 6.07) is 16.8. The molecule has 0 spiro atoms. The van der Waals surface area contributed by atoms with Crippen molar-refractivity contribution in [2.75, 3.05) is 30.9 Å². The van der Waals surface area contributed by atoms with Crippen molar-refractivity contribution in [2.45, 2.75) is 12.2 Å². The number of halogens is 4. The smallest absolute Gasteiger partial charge is 0.416 e. The van der Waals surface area contributed by atoms with Crippen LogP contribution in [0.1, 0.15) is 17.2 Å². The molecule has 3 aromatic carbocycles. The highest BCUT2D eigenvalue weighted by atomic mass is 35.5. The van der Waals surface area contributed by atoms with Crippen molar-refractivity contribution in [3.8, 4) is 11.5 Å². The van der Waals surface area contributed by atoms with Gasteiger partial charge in [0.2, 0.25) is 0 Å². The summed E-state index contributed by atoms with van der Waals surface area (Å²) in [5.74, 6) is 1.03. The molecule has 3 aromatic rings. The molecule has 0 radical (unpaired) electrons. The number of ether oxygens (including phenoxy) is 1. The lowest BCUT2D eigenvalue weighted by Crippen LogP contribution is -2.34. The summed E-state index contributed by atoms with van der Waals surface area (Å²) in [5, 5.41) is 0.558. The van der Waals surface area contributed by atoms with Gasteiger partial charge in [-0.05, 0) is 66.2 Å². The SMILES string of the molecule is CS(=O)(=O)OCCN1CC(c2cccc(C(F)(F)F)c2)N(c2ccc(Oc3ccc(Cl)cc3)cc2)C1=O. The molecule has 0 saturated carbocycles. The number of hydrogen-bond acceptors (Lipinski definition) is 5. The molecule has 1 aliphatic rings. The zero-order chi connectivity index (χ0) is 26.8. The Labute approximate surface area is 217 Å². The molecular weight excluding hydrogens is 533 g/mol. The first kappa shape index (κ1) is 26.8. The van der Waals surface area contributed by atoms with E-state index in [0.29, 0.717) is 22.2 Å². The summed E-state index contributed by atoms with van der Waals surface area (Å²) in [4.78, 5) is 16.0. The Morgan fingerprint density at radius 1 is 1.00 bits per heavy atom. The minimum Gasteiger partial charge on any atom is -0.457 e. The molecular formula is C25H22ClF3N2O5S.